The molecule has 1 aliphatic heterocycles. The van der Waals surface area contributed by atoms with Crippen LogP contribution in [0, 0.1) is 29.1 Å². The molecule has 1 heterocycles. The first-order chi connectivity index (χ1) is 26.2. The van der Waals surface area contributed by atoms with E-state index in [1.807, 2.05) is 75.7 Å². The Balaban J connectivity index is 1.26. The van der Waals surface area contributed by atoms with Crippen molar-refractivity contribution in [3.05, 3.63) is 83.4 Å². The highest BCUT2D eigenvalue weighted by Gasteiger charge is 2.57. The van der Waals surface area contributed by atoms with Gasteiger partial charge in [0.15, 0.2) is 0 Å². The van der Waals surface area contributed by atoms with Gasteiger partial charge in [-0.05, 0) is 92.8 Å². The number of nitrogens with zero attached hydrogens (tertiary/aromatic N) is 2. The van der Waals surface area contributed by atoms with Crippen LogP contribution in [-0.2, 0) is 22.6 Å². The summed E-state index contributed by atoms with van der Waals surface area (Å²) in [6, 6.07) is 20.7. The molecule has 2 bridgehead atoms. The number of benzene rings is 3. The van der Waals surface area contributed by atoms with Gasteiger partial charge in [0.1, 0.15) is 17.9 Å². The Hall–Kier alpha value is -4.00. The number of carbonyl (C=O) groups excluding carboxylic acids is 2. The van der Waals surface area contributed by atoms with Crippen LogP contribution in [0.25, 0.3) is 11.1 Å². The summed E-state index contributed by atoms with van der Waals surface area (Å²) in [5.41, 5.74) is 5.01. The van der Waals surface area contributed by atoms with Gasteiger partial charge in [0.05, 0.1) is 26.4 Å². The molecule has 0 spiro atoms. The van der Waals surface area contributed by atoms with Crippen LogP contribution in [-0.4, -0.2) is 104 Å². The van der Waals surface area contributed by atoms with Crippen molar-refractivity contribution < 1.29 is 29.4 Å². The Morgan fingerprint density at radius 2 is 1.82 bits per heavy atom. The lowest BCUT2D eigenvalue weighted by Gasteiger charge is -2.62. The van der Waals surface area contributed by atoms with Gasteiger partial charge in [-0.1, -0.05) is 69.3 Å². The molecule has 2 amide bonds. The summed E-state index contributed by atoms with van der Waals surface area (Å²) in [6.07, 6.45) is 1.17. The highest BCUT2D eigenvalue weighted by Crippen LogP contribution is 2.61. The number of rotatable bonds is 15. The first-order valence-electron chi connectivity index (χ1n) is 19.8. The Morgan fingerprint density at radius 1 is 1.07 bits per heavy atom. The highest BCUT2D eigenvalue weighted by atomic mass is 16.7. The van der Waals surface area contributed by atoms with Crippen molar-refractivity contribution in [3.63, 3.8) is 0 Å². The van der Waals surface area contributed by atoms with Gasteiger partial charge in [-0.25, -0.2) is 0 Å². The number of methoxy groups -OCH3 is 1. The Labute approximate surface area is 326 Å². The standard InChI is InChI=1S/C44H61N5O6/c1-26-36-21-32(44(36,3)4)22-37(26)47-43(53)40-39(27(2)51)38(25-50)55-49(40)23-29-15-12-16-35(41(29)54-8)30-18-31(20-33(19-30)45-5)42(52)46-34(24-48(6)7)17-28-13-10-9-11-14-28/h9-16,18-20,26-27,32,34,36-40,45,50-51H,17,21-25H2,1-8H3,(H,46,52)(H,47,53)/t26-,27-,32+,34-,36-,37-,38-,39+,40-/m0/s1. The maximum Gasteiger partial charge on any atom is 0.251 e. The van der Waals surface area contributed by atoms with Crippen molar-refractivity contribution in [3.8, 4) is 16.9 Å². The molecular formula is C44H61N5O6. The minimum atomic E-state index is -0.902. The van der Waals surface area contributed by atoms with Gasteiger partial charge in [-0.15, -0.1) is 0 Å². The van der Waals surface area contributed by atoms with Crippen LogP contribution in [0.3, 0.4) is 0 Å². The number of amides is 2. The van der Waals surface area contributed by atoms with E-state index in [2.05, 4.69) is 53.8 Å². The molecule has 7 rings (SSSR count). The van der Waals surface area contributed by atoms with E-state index >= 15 is 0 Å². The summed E-state index contributed by atoms with van der Waals surface area (Å²) in [7, 11) is 7.43. The van der Waals surface area contributed by atoms with Crippen LogP contribution in [0.4, 0.5) is 5.69 Å². The fourth-order valence-corrected chi connectivity index (χ4v) is 9.66. The Bertz CT molecular complexity index is 1800. The van der Waals surface area contributed by atoms with Gasteiger partial charge in [0.2, 0.25) is 5.91 Å². The second-order valence-corrected chi connectivity index (χ2v) is 16.9. The summed E-state index contributed by atoms with van der Waals surface area (Å²) in [6.45, 7) is 9.06. The number of anilines is 1. The average Bonchev–Trinajstić information content (AvgIpc) is 3.53. The molecule has 11 nitrogen and oxygen atoms in total. The van der Waals surface area contributed by atoms with Crippen LogP contribution in [0.5, 0.6) is 5.75 Å². The van der Waals surface area contributed by atoms with E-state index in [0.29, 0.717) is 42.0 Å². The number of hydrogen-bond donors (Lipinski definition) is 5. The second-order valence-electron chi connectivity index (χ2n) is 16.9. The lowest BCUT2D eigenvalue weighted by atomic mass is 9.45. The summed E-state index contributed by atoms with van der Waals surface area (Å²) < 4.78 is 6.08. The Morgan fingerprint density at radius 3 is 2.44 bits per heavy atom. The third kappa shape index (κ3) is 8.56. The number of aliphatic hydroxyl groups is 2. The number of nitrogens with one attached hydrogen (secondary N) is 3. The molecule has 5 N–H and O–H groups in total. The molecule has 0 unspecified atom stereocenters. The Kier molecular flexibility index (Phi) is 12.6. The maximum absolute atomic E-state index is 14.3. The van der Waals surface area contributed by atoms with Crippen LogP contribution < -0.4 is 20.7 Å². The van der Waals surface area contributed by atoms with Crippen molar-refractivity contribution in [2.75, 3.05) is 46.7 Å². The highest BCUT2D eigenvalue weighted by molar-refractivity contribution is 5.97. The summed E-state index contributed by atoms with van der Waals surface area (Å²) in [5, 5.41) is 32.7. The number of fused-ring (bicyclic) bond motifs is 2. The number of para-hydroxylation sites is 1. The number of likely N-dealkylation sites (N-methyl/N-ethyl adjacent to an activating group) is 1. The smallest absolute Gasteiger partial charge is 0.251 e. The van der Waals surface area contributed by atoms with E-state index in [1.165, 1.54) is 6.42 Å². The average molecular weight is 756 g/mol. The lowest BCUT2D eigenvalue weighted by Crippen LogP contribution is -2.62. The zero-order valence-electron chi connectivity index (χ0n) is 33.7. The molecule has 1 saturated heterocycles. The van der Waals surface area contributed by atoms with Gasteiger partial charge in [0.25, 0.3) is 5.91 Å². The third-order valence-electron chi connectivity index (χ3n) is 12.7. The van der Waals surface area contributed by atoms with Gasteiger partial charge in [0, 0.05) is 54.0 Å². The van der Waals surface area contributed by atoms with E-state index < -0.39 is 24.2 Å². The molecule has 3 aliphatic carbocycles. The van der Waals surface area contributed by atoms with Crippen molar-refractivity contribution >= 4 is 17.5 Å². The van der Waals surface area contributed by atoms with Gasteiger partial charge >= 0.3 is 0 Å². The van der Waals surface area contributed by atoms with E-state index in [9.17, 15) is 19.8 Å². The maximum atomic E-state index is 14.3. The minimum absolute atomic E-state index is 0.0363. The molecule has 4 fully saturated rings. The molecule has 3 saturated carbocycles. The van der Waals surface area contributed by atoms with Gasteiger partial charge in [-0.3, -0.25) is 14.4 Å². The SMILES string of the molecule is CNc1cc(C(=O)N[C@@H](Cc2ccccc2)CN(C)C)cc(-c2cccc(CN3O[C@@H](CO)[C@@H]([C@H](C)O)[C@H]3C(=O)N[C@H]3C[C@H]4C[C@@H]([C@@H]3C)C4(C)C)c2OC)c1. The molecule has 0 aromatic heterocycles. The molecule has 55 heavy (non-hydrogen) atoms. The fraction of sp³-hybridized carbons (Fsp3) is 0.545. The number of hydrogen-bond acceptors (Lipinski definition) is 9. The van der Waals surface area contributed by atoms with Crippen LogP contribution in [0.1, 0.15) is 62.0 Å². The van der Waals surface area contributed by atoms with Gasteiger partial charge in [-0.2, -0.15) is 5.06 Å². The first kappa shape index (κ1) is 40.7. The molecular weight excluding hydrogens is 695 g/mol. The fourth-order valence-electron chi connectivity index (χ4n) is 9.66. The predicted octanol–water partition coefficient (Wildman–Crippen LogP) is 4.97. The molecule has 3 aromatic carbocycles. The van der Waals surface area contributed by atoms with Crippen molar-refractivity contribution in [1.29, 1.82) is 0 Å². The third-order valence-corrected chi connectivity index (χ3v) is 12.7. The number of hydroxylamine groups is 2. The van der Waals surface area contributed by atoms with Crippen LogP contribution in [0.2, 0.25) is 0 Å². The lowest BCUT2D eigenvalue weighted by molar-refractivity contribution is -0.183. The quantitative estimate of drug-likeness (QED) is 0.146. The molecule has 9 atom stereocenters. The molecule has 4 aliphatic rings. The number of aliphatic hydroxyl groups excluding tert-OH is 2. The van der Waals surface area contributed by atoms with E-state index in [4.69, 9.17) is 9.57 Å². The van der Waals surface area contributed by atoms with Crippen LogP contribution in [0.15, 0.2) is 66.7 Å². The summed E-state index contributed by atoms with van der Waals surface area (Å²) in [4.78, 5) is 36.5. The van der Waals surface area contributed by atoms with Crippen molar-refractivity contribution in [2.45, 2.75) is 83.8 Å². The molecule has 3 aromatic rings. The predicted molar refractivity (Wildman–Crippen MR) is 215 cm³/mol. The molecule has 11 heteroatoms. The molecule has 298 valence electrons. The number of ether oxygens (including phenoxy) is 1. The molecule has 0 radical (unpaired) electrons. The normalized spacial score (nSPS) is 26.9. The monoisotopic (exact) mass is 755 g/mol. The summed E-state index contributed by atoms with van der Waals surface area (Å²) in [5.74, 6) is 1.01. The van der Waals surface area contributed by atoms with E-state index in [-0.39, 0.29) is 42.5 Å². The zero-order valence-corrected chi connectivity index (χ0v) is 33.7. The topological polar surface area (TPSA) is 136 Å². The zero-order chi connectivity index (χ0) is 39.6. The van der Waals surface area contributed by atoms with Crippen molar-refractivity contribution in [2.24, 2.45) is 29.1 Å². The second kappa shape index (κ2) is 17.0. The van der Waals surface area contributed by atoms with E-state index in [1.54, 1.807) is 19.1 Å². The van der Waals surface area contributed by atoms with E-state index in [0.717, 1.165) is 34.4 Å². The number of carbonyl (C=O) groups is 2. The largest absolute Gasteiger partial charge is 0.496 e. The first-order valence-corrected chi connectivity index (χ1v) is 19.8. The van der Waals surface area contributed by atoms with Crippen molar-refractivity contribution in [1.82, 2.24) is 20.6 Å². The minimum Gasteiger partial charge on any atom is -0.496 e. The van der Waals surface area contributed by atoms with Gasteiger partial charge < -0.3 is 35.8 Å². The summed E-state index contributed by atoms with van der Waals surface area (Å²) >= 11 is 0. The van der Waals surface area contributed by atoms with Crippen LogP contribution >= 0.6 is 0 Å².